The summed E-state index contributed by atoms with van der Waals surface area (Å²) in [5.41, 5.74) is 0. The van der Waals surface area contributed by atoms with Crippen molar-refractivity contribution in [2.75, 3.05) is 0 Å². The van der Waals surface area contributed by atoms with Gasteiger partial charge in [0.2, 0.25) is 0 Å². The van der Waals surface area contributed by atoms with Crippen molar-refractivity contribution in [2.45, 2.75) is 23.7 Å². The molecule has 0 fully saturated rings. The fourth-order valence-electron chi connectivity index (χ4n) is 0.920. The molecule has 9 heavy (non-hydrogen) atoms. The Hall–Kier alpha value is 0.0229. The normalized spacial score (nSPS) is 18.3. The van der Waals surface area contributed by atoms with E-state index in [1.807, 2.05) is 0 Å². The average molecular weight is 182 g/mol. The van der Waals surface area contributed by atoms with Crippen molar-refractivity contribution in [2.24, 2.45) is 0 Å². The van der Waals surface area contributed by atoms with Crippen molar-refractivity contribution in [3.63, 3.8) is 0 Å². The minimum atomic E-state index is -1.46. The Bertz CT molecular complexity index is 158. The second-order valence-electron chi connectivity index (χ2n) is 3.45. The molecule has 1 aliphatic carbocycles. The maximum absolute atomic E-state index is 3.39. The molecule has 0 atom stereocenters. The third kappa shape index (κ3) is 1.72. The molecule has 0 saturated carbocycles. The molecule has 1 heteroatoms. The summed E-state index contributed by atoms with van der Waals surface area (Å²) in [7, 11) is 0. The van der Waals surface area contributed by atoms with Crippen molar-refractivity contribution >= 4 is 13.3 Å². The van der Waals surface area contributed by atoms with Crippen molar-refractivity contribution in [3.05, 3.63) is 22.6 Å². The van der Waals surface area contributed by atoms with Crippen LogP contribution in [-0.2, 0) is 0 Å². The Morgan fingerprint density at radius 2 is 2.11 bits per heavy atom. The van der Waals surface area contributed by atoms with E-state index in [2.05, 4.69) is 35.5 Å². The molecule has 1 radical (unpaired) electrons. The summed E-state index contributed by atoms with van der Waals surface area (Å²) in [4.78, 5) is 0. The number of allylic oxidation sites excluding steroid dienone is 4. The topological polar surface area (TPSA) is 0 Å². The summed E-state index contributed by atoms with van der Waals surface area (Å²) in [5.74, 6) is 7.20. The van der Waals surface area contributed by atoms with E-state index in [1.54, 1.807) is 0 Å². The molecule has 1 rings (SSSR count). The van der Waals surface area contributed by atoms with E-state index >= 15 is 0 Å². The molecule has 0 aromatic heterocycles. The van der Waals surface area contributed by atoms with E-state index in [1.165, 1.54) is 4.41 Å². The maximum atomic E-state index is 3.39. The van der Waals surface area contributed by atoms with E-state index < -0.39 is 13.3 Å². The van der Waals surface area contributed by atoms with Gasteiger partial charge in [-0.3, -0.25) is 0 Å². The van der Waals surface area contributed by atoms with Gasteiger partial charge in [0.05, 0.1) is 0 Å². The first-order valence-electron chi connectivity index (χ1n) is 3.38. The van der Waals surface area contributed by atoms with Gasteiger partial charge in [0.1, 0.15) is 0 Å². The minimum absolute atomic E-state index is 1.05. The Kier molecular flexibility index (Phi) is 1.85. The average Bonchev–Trinajstić information content (AvgIpc) is 2.08. The third-order valence-electron chi connectivity index (χ3n) is 1.50. The van der Waals surface area contributed by atoms with Crippen LogP contribution in [0.25, 0.3) is 0 Å². The summed E-state index contributed by atoms with van der Waals surface area (Å²) >= 11 is -1.46. The van der Waals surface area contributed by atoms with E-state index in [-0.39, 0.29) is 0 Å². The van der Waals surface area contributed by atoms with Crippen LogP contribution in [-0.4, -0.2) is 13.3 Å². The Morgan fingerprint density at radius 1 is 1.44 bits per heavy atom. The number of hydrogen-bond donors (Lipinski definition) is 0. The molecule has 49 valence electrons. The van der Waals surface area contributed by atoms with Crippen LogP contribution in [0.2, 0.25) is 17.3 Å². The van der Waals surface area contributed by atoms with Crippen LogP contribution in [0.15, 0.2) is 16.6 Å². The first-order chi connectivity index (χ1) is 4.11. The molecule has 0 aromatic rings. The summed E-state index contributed by atoms with van der Waals surface area (Å²) in [6.07, 6.45) is 8.89. The second kappa shape index (κ2) is 2.33. The molecule has 0 saturated heterocycles. The molecule has 0 N–H and O–H groups in total. The summed E-state index contributed by atoms with van der Waals surface area (Å²) in [6, 6.07) is 0. The Morgan fingerprint density at radius 3 is 2.33 bits per heavy atom. The van der Waals surface area contributed by atoms with Crippen LogP contribution in [0.1, 0.15) is 6.42 Å². The summed E-state index contributed by atoms with van der Waals surface area (Å²) in [5, 5.41) is 0. The molecule has 0 nitrogen and oxygen atoms in total. The Balaban J connectivity index is 2.73. The molecule has 0 aliphatic heterocycles. The third-order valence-corrected chi connectivity index (χ3v) is 5.61. The standard InChI is InChI=1S/C8H13Ge/c1-9(2,3)8-6-4-5-7-8/h4,6H,5H2,1-3H3. The van der Waals surface area contributed by atoms with Gasteiger partial charge in [-0.25, -0.2) is 0 Å². The Labute approximate surface area is 60.0 Å². The van der Waals surface area contributed by atoms with Gasteiger partial charge in [0.25, 0.3) is 0 Å². The predicted octanol–water partition coefficient (Wildman–Crippen LogP) is 2.55. The monoisotopic (exact) mass is 183 g/mol. The van der Waals surface area contributed by atoms with E-state index in [9.17, 15) is 0 Å². The van der Waals surface area contributed by atoms with E-state index in [0.29, 0.717) is 0 Å². The number of rotatable bonds is 1. The zero-order valence-electron chi connectivity index (χ0n) is 6.36. The fraction of sp³-hybridized carbons (Fsp3) is 0.500. The van der Waals surface area contributed by atoms with Gasteiger partial charge < -0.3 is 0 Å². The molecule has 0 spiro atoms. The van der Waals surface area contributed by atoms with Crippen LogP contribution in [0, 0.1) is 6.08 Å². The van der Waals surface area contributed by atoms with Crippen molar-refractivity contribution < 1.29 is 0 Å². The zero-order chi connectivity index (χ0) is 6.91. The van der Waals surface area contributed by atoms with Gasteiger partial charge >= 0.3 is 59.6 Å². The SMILES string of the molecule is [CH3][Ge]([CH3])([CH3])[C]1=[C]CC=C1. The van der Waals surface area contributed by atoms with Crippen LogP contribution in [0.4, 0.5) is 0 Å². The van der Waals surface area contributed by atoms with Gasteiger partial charge in [-0.05, 0) is 0 Å². The molecule has 0 amide bonds. The van der Waals surface area contributed by atoms with Gasteiger partial charge in [-0.2, -0.15) is 0 Å². The van der Waals surface area contributed by atoms with E-state index in [4.69, 9.17) is 0 Å². The molecule has 1 aliphatic rings. The van der Waals surface area contributed by atoms with Crippen LogP contribution >= 0.6 is 0 Å². The molecule has 0 unspecified atom stereocenters. The van der Waals surface area contributed by atoms with Crippen LogP contribution < -0.4 is 0 Å². The predicted molar refractivity (Wildman–Crippen MR) is 43.9 cm³/mol. The molecule has 0 heterocycles. The molecular formula is C8H13Ge. The van der Waals surface area contributed by atoms with E-state index in [0.717, 1.165) is 6.42 Å². The zero-order valence-corrected chi connectivity index (χ0v) is 8.46. The quantitative estimate of drug-likeness (QED) is 0.546. The fourth-order valence-corrected chi connectivity index (χ4v) is 3.54. The first kappa shape index (κ1) is 7.13. The van der Waals surface area contributed by atoms with Gasteiger partial charge in [0.15, 0.2) is 0 Å². The van der Waals surface area contributed by atoms with Crippen molar-refractivity contribution in [1.29, 1.82) is 0 Å². The summed E-state index contributed by atoms with van der Waals surface area (Å²) < 4.78 is 1.54. The first-order valence-corrected chi connectivity index (χ1v) is 10.7. The van der Waals surface area contributed by atoms with Gasteiger partial charge in [-0.1, -0.05) is 0 Å². The van der Waals surface area contributed by atoms with Gasteiger partial charge in [0, 0.05) is 0 Å². The second-order valence-corrected chi connectivity index (χ2v) is 14.0. The van der Waals surface area contributed by atoms with Crippen LogP contribution in [0.3, 0.4) is 0 Å². The molecule has 0 bridgehead atoms. The molecular weight excluding hydrogens is 169 g/mol. The summed E-state index contributed by atoms with van der Waals surface area (Å²) in [6.45, 7) is 0. The van der Waals surface area contributed by atoms with Crippen LogP contribution in [0.5, 0.6) is 0 Å². The van der Waals surface area contributed by atoms with Crippen molar-refractivity contribution in [3.8, 4) is 0 Å². The van der Waals surface area contributed by atoms with Crippen molar-refractivity contribution in [1.82, 2.24) is 0 Å². The number of hydrogen-bond acceptors (Lipinski definition) is 0. The van der Waals surface area contributed by atoms with Gasteiger partial charge in [-0.15, -0.1) is 0 Å². The molecule has 0 aromatic carbocycles.